The summed E-state index contributed by atoms with van der Waals surface area (Å²) < 4.78 is 4.56. The van der Waals surface area contributed by atoms with Crippen LogP contribution < -0.4 is 0 Å². The van der Waals surface area contributed by atoms with Gasteiger partial charge in [0.1, 0.15) is 0 Å². The molecule has 1 aliphatic rings. The number of halogens is 1. The first-order valence-corrected chi connectivity index (χ1v) is 3.67. The van der Waals surface area contributed by atoms with Gasteiger partial charge >= 0.3 is 5.97 Å². The van der Waals surface area contributed by atoms with E-state index >= 15 is 0 Å². The summed E-state index contributed by atoms with van der Waals surface area (Å²) in [6, 6.07) is 0. The molecule has 3 heteroatoms. The molecule has 1 rings (SSSR count). The van der Waals surface area contributed by atoms with Crippen molar-refractivity contribution in [3.63, 3.8) is 0 Å². The Morgan fingerprint density at radius 2 is 2.00 bits per heavy atom. The Hall–Kier alpha value is -0.240. The summed E-state index contributed by atoms with van der Waals surface area (Å²) in [6.07, 6.45) is 0. The predicted molar refractivity (Wildman–Crippen MR) is 38.9 cm³/mol. The molecular formula is C7H11ClO2. The van der Waals surface area contributed by atoms with Crippen molar-refractivity contribution in [3.05, 3.63) is 0 Å². The highest BCUT2D eigenvalue weighted by molar-refractivity contribution is 6.25. The molecule has 2 nitrogen and oxygen atoms in total. The maximum atomic E-state index is 10.9. The van der Waals surface area contributed by atoms with Gasteiger partial charge < -0.3 is 4.74 Å². The van der Waals surface area contributed by atoms with Crippen molar-refractivity contribution < 1.29 is 9.53 Å². The molecule has 0 N–H and O–H groups in total. The second-order valence-electron chi connectivity index (χ2n) is 3.22. The summed E-state index contributed by atoms with van der Waals surface area (Å²) in [5.41, 5.74) is -0.0609. The molecule has 0 heterocycles. The zero-order valence-corrected chi connectivity index (χ0v) is 7.11. The van der Waals surface area contributed by atoms with Crippen molar-refractivity contribution in [1.82, 2.24) is 0 Å². The zero-order chi connectivity index (χ0) is 7.94. The lowest BCUT2D eigenvalue weighted by atomic mass is 10.1. The van der Waals surface area contributed by atoms with Crippen molar-refractivity contribution in [2.24, 2.45) is 11.3 Å². The fourth-order valence-corrected chi connectivity index (χ4v) is 1.62. The number of rotatable bonds is 1. The summed E-state index contributed by atoms with van der Waals surface area (Å²) >= 11 is 5.82. The van der Waals surface area contributed by atoms with Gasteiger partial charge in [0.05, 0.1) is 18.4 Å². The number of carbonyl (C=O) groups excluding carboxylic acids is 1. The smallest absolute Gasteiger partial charge is 0.310 e. The van der Waals surface area contributed by atoms with E-state index in [4.69, 9.17) is 11.6 Å². The topological polar surface area (TPSA) is 26.3 Å². The van der Waals surface area contributed by atoms with Crippen molar-refractivity contribution >= 4 is 17.6 Å². The third-order valence-electron chi connectivity index (χ3n) is 2.15. The zero-order valence-electron chi connectivity index (χ0n) is 6.35. The highest BCUT2D eigenvalue weighted by Crippen LogP contribution is 2.56. The van der Waals surface area contributed by atoms with Gasteiger partial charge in [-0.05, 0) is 5.41 Å². The van der Waals surface area contributed by atoms with Crippen molar-refractivity contribution in [3.8, 4) is 0 Å². The maximum absolute atomic E-state index is 10.9. The second-order valence-corrected chi connectivity index (χ2v) is 3.69. The van der Waals surface area contributed by atoms with Gasteiger partial charge in [-0.25, -0.2) is 0 Å². The van der Waals surface area contributed by atoms with E-state index in [1.54, 1.807) is 0 Å². The summed E-state index contributed by atoms with van der Waals surface area (Å²) in [4.78, 5) is 10.9. The molecule has 0 aromatic heterocycles. The fourth-order valence-electron chi connectivity index (χ4n) is 1.13. The maximum Gasteiger partial charge on any atom is 0.310 e. The molecule has 1 saturated carbocycles. The summed E-state index contributed by atoms with van der Waals surface area (Å²) in [5.74, 6) is -0.288. The molecule has 1 fully saturated rings. The Morgan fingerprint density at radius 3 is 2.10 bits per heavy atom. The van der Waals surface area contributed by atoms with Gasteiger partial charge in [-0.2, -0.15) is 0 Å². The molecule has 0 aliphatic heterocycles. The number of ether oxygens (including phenoxy) is 1. The quantitative estimate of drug-likeness (QED) is 0.431. The molecule has 2 atom stereocenters. The van der Waals surface area contributed by atoms with Crippen LogP contribution in [0.25, 0.3) is 0 Å². The van der Waals surface area contributed by atoms with Crippen molar-refractivity contribution in [2.45, 2.75) is 19.2 Å². The Bertz CT molecular complexity index is 165. The highest BCUT2D eigenvalue weighted by atomic mass is 35.5. The largest absolute Gasteiger partial charge is 0.469 e. The van der Waals surface area contributed by atoms with Gasteiger partial charge in [-0.15, -0.1) is 11.6 Å². The Kier molecular flexibility index (Phi) is 1.67. The van der Waals surface area contributed by atoms with Crippen LogP contribution in [0.2, 0.25) is 0 Å². The van der Waals surface area contributed by atoms with E-state index in [1.807, 2.05) is 13.8 Å². The minimum atomic E-state index is -0.190. The molecule has 0 aromatic carbocycles. The van der Waals surface area contributed by atoms with Crippen LogP contribution >= 0.6 is 11.6 Å². The minimum Gasteiger partial charge on any atom is -0.469 e. The van der Waals surface area contributed by atoms with Gasteiger partial charge in [0, 0.05) is 0 Å². The van der Waals surface area contributed by atoms with Crippen molar-refractivity contribution in [1.29, 1.82) is 0 Å². The number of esters is 1. The summed E-state index contributed by atoms with van der Waals surface area (Å²) in [6.45, 7) is 3.93. The van der Waals surface area contributed by atoms with E-state index in [0.29, 0.717) is 0 Å². The van der Waals surface area contributed by atoms with Gasteiger partial charge in [0.15, 0.2) is 0 Å². The molecule has 0 unspecified atom stereocenters. The third-order valence-corrected chi connectivity index (χ3v) is 2.97. The van der Waals surface area contributed by atoms with E-state index in [9.17, 15) is 4.79 Å². The molecule has 0 radical (unpaired) electrons. The number of hydrogen-bond donors (Lipinski definition) is 0. The Balaban J connectivity index is 2.57. The monoisotopic (exact) mass is 162 g/mol. The van der Waals surface area contributed by atoms with Crippen LogP contribution in [-0.4, -0.2) is 18.5 Å². The summed E-state index contributed by atoms with van der Waals surface area (Å²) in [7, 11) is 1.39. The number of carbonyl (C=O) groups is 1. The van der Waals surface area contributed by atoms with Crippen LogP contribution in [-0.2, 0) is 9.53 Å². The molecule has 58 valence electrons. The summed E-state index contributed by atoms with van der Waals surface area (Å²) in [5, 5.41) is -0.0417. The normalized spacial score (nSPS) is 35.2. The molecule has 0 aromatic rings. The van der Waals surface area contributed by atoms with Gasteiger partial charge in [-0.3, -0.25) is 4.79 Å². The first-order chi connectivity index (χ1) is 4.51. The van der Waals surface area contributed by atoms with Crippen LogP contribution in [0.5, 0.6) is 0 Å². The standard InChI is InChI=1S/C7H11ClO2/c1-7(2)4(5(7)8)6(9)10-3/h4-5H,1-3H3/t4-,5-/m0/s1. The molecule has 0 amide bonds. The number of methoxy groups -OCH3 is 1. The van der Waals surface area contributed by atoms with Gasteiger partial charge in [-0.1, -0.05) is 13.8 Å². The van der Waals surface area contributed by atoms with Crippen LogP contribution in [0.4, 0.5) is 0 Å². The molecule has 0 saturated heterocycles. The lowest BCUT2D eigenvalue weighted by molar-refractivity contribution is -0.142. The van der Waals surface area contributed by atoms with Gasteiger partial charge in [0.2, 0.25) is 0 Å². The van der Waals surface area contributed by atoms with E-state index in [1.165, 1.54) is 7.11 Å². The first kappa shape index (κ1) is 7.86. The molecular weight excluding hydrogens is 152 g/mol. The number of alkyl halides is 1. The molecule has 10 heavy (non-hydrogen) atoms. The minimum absolute atomic E-state index is 0.0417. The number of hydrogen-bond acceptors (Lipinski definition) is 2. The fraction of sp³-hybridized carbons (Fsp3) is 0.857. The lowest BCUT2D eigenvalue weighted by Crippen LogP contribution is -2.07. The van der Waals surface area contributed by atoms with E-state index in [2.05, 4.69) is 4.74 Å². The van der Waals surface area contributed by atoms with Crippen LogP contribution in [0.1, 0.15) is 13.8 Å². The van der Waals surface area contributed by atoms with E-state index in [0.717, 1.165) is 0 Å². The molecule has 1 aliphatic carbocycles. The van der Waals surface area contributed by atoms with Crippen LogP contribution in [0, 0.1) is 11.3 Å². The Morgan fingerprint density at radius 1 is 1.60 bits per heavy atom. The van der Waals surface area contributed by atoms with Crippen LogP contribution in [0.15, 0.2) is 0 Å². The lowest BCUT2D eigenvalue weighted by Gasteiger charge is -1.98. The average molecular weight is 163 g/mol. The first-order valence-electron chi connectivity index (χ1n) is 3.23. The van der Waals surface area contributed by atoms with E-state index in [-0.39, 0.29) is 22.7 Å². The second kappa shape index (κ2) is 2.12. The van der Waals surface area contributed by atoms with Crippen molar-refractivity contribution in [2.75, 3.05) is 7.11 Å². The third kappa shape index (κ3) is 0.908. The van der Waals surface area contributed by atoms with E-state index < -0.39 is 0 Å². The predicted octanol–water partition coefficient (Wildman–Crippen LogP) is 1.42. The molecule has 0 spiro atoms. The SMILES string of the molecule is COC(=O)[C@@H]1[C@H](Cl)C1(C)C. The Labute approximate surface area is 65.5 Å². The average Bonchev–Trinajstić information content (AvgIpc) is 2.33. The molecule has 0 bridgehead atoms. The van der Waals surface area contributed by atoms with Crippen LogP contribution in [0.3, 0.4) is 0 Å². The highest BCUT2D eigenvalue weighted by Gasteiger charge is 2.61. The van der Waals surface area contributed by atoms with Gasteiger partial charge in [0.25, 0.3) is 0 Å².